The van der Waals surface area contributed by atoms with Gasteiger partial charge in [0.15, 0.2) is 11.5 Å². The molecule has 3 aromatic rings. The Balaban J connectivity index is 1.14. The minimum absolute atomic E-state index is 0.0347. The number of anilines is 1. The summed E-state index contributed by atoms with van der Waals surface area (Å²) < 4.78 is 24.8. The first-order valence-corrected chi connectivity index (χ1v) is 13.1. The zero-order chi connectivity index (χ0) is 25.4. The third kappa shape index (κ3) is 5.08. The highest BCUT2D eigenvalue weighted by Gasteiger charge is 2.33. The van der Waals surface area contributed by atoms with E-state index in [2.05, 4.69) is 15.1 Å². The summed E-state index contributed by atoms with van der Waals surface area (Å²) in [6.07, 6.45) is 1.01. The van der Waals surface area contributed by atoms with Crippen LogP contribution < -0.4 is 19.7 Å². The van der Waals surface area contributed by atoms with Crippen LogP contribution >= 0.6 is 0 Å². The van der Waals surface area contributed by atoms with Crippen LogP contribution in [0.5, 0.6) is 11.5 Å². The highest BCUT2D eigenvalue weighted by Crippen LogP contribution is 2.34. The molecule has 6 rings (SSSR count). The van der Waals surface area contributed by atoms with Crippen LogP contribution in [0.1, 0.15) is 24.5 Å². The number of fused-ring (bicyclic) bond motifs is 2. The first kappa shape index (κ1) is 24.0. The number of aliphatic hydroxyl groups excluding tert-OH is 1. The Morgan fingerprint density at radius 1 is 1.00 bits per heavy atom. The van der Waals surface area contributed by atoms with Crippen molar-refractivity contribution < 1.29 is 23.8 Å². The highest BCUT2D eigenvalue weighted by molar-refractivity contribution is 5.86. The third-order valence-corrected chi connectivity index (χ3v) is 7.73. The van der Waals surface area contributed by atoms with Crippen LogP contribution in [0.3, 0.4) is 0 Å². The molecule has 0 bridgehead atoms. The summed E-state index contributed by atoms with van der Waals surface area (Å²) in [5.41, 5.74) is 1.73. The van der Waals surface area contributed by atoms with Crippen LogP contribution in [0.4, 0.5) is 10.1 Å². The number of rotatable bonds is 7. The van der Waals surface area contributed by atoms with Crippen LogP contribution in [0.2, 0.25) is 0 Å². The van der Waals surface area contributed by atoms with Crippen LogP contribution in [0, 0.1) is 11.7 Å². The number of hydrogen-bond acceptors (Lipinski definition) is 6. The first-order chi connectivity index (χ1) is 18.0. The van der Waals surface area contributed by atoms with Gasteiger partial charge in [-0.15, -0.1) is 0 Å². The molecule has 1 amide bonds. The zero-order valence-corrected chi connectivity index (χ0v) is 20.7. The second kappa shape index (κ2) is 10.2. The van der Waals surface area contributed by atoms with Crippen molar-refractivity contribution in [2.45, 2.75) is 25.0 Å². The van der Waals surface area contributed by atoms with Crippen molar-refractivity contribution in [2.24, 2.45) is 5.92 Å². The molecule has 0 aromatic heterocycles. The van der Waals surface area contributed by atoms with Crippen molar-refractivity contribution in [3.8, 4) is 11.5 Å². The van der Waals surface area contributed by atoms with E-state index in [4.69, 9.17) is 9.47 Å². The van der Waals surface area contributed by atoms with E-state index in [1.54, 1.807) is 6.07 Å². The Bertz CT molecular complexity index is 1300. The van der Waals surface area contributed by atoms with Crippen molar-refractivity contribution in [3.63, 3.8) is 0 Å². The minimum atomic E-state index is -0.862. The number of hydrogen-bond donors (Lipinski definition) is 2. The summed E-state index contributed by atoms with van der Waals surface area (Å²) in [5.74, 6) is 0.851. The first-order valence-electron chi connectivity index (χ1n) is 13.1. The summed E-state index contributed by atoms with van der Waals surface area (Å²) in [5, 5.41) is 16.3. The van der Waals surface area contributed by atoms with Gasteiger partial charge < -0.3 is 29.7 Å². The van der Waals surface area contributed by atoms with Gasteiger partial charge in [-0.1, -0.05) is 18.2 Å². The lowest BCUT2D eigenvalue weighted by Gasteiger charge is -2.36. The van der Waals surface area contributed by atoms with Crippen LogP contribution in [-0.4, -0.2) is 67.9 Å². The summed E-state index contributed by atoms with van der Waals surface area (Å²) in [7, 11) is 0. The van der Waals surface area contributed by atoms with E-state index >= 15 is 0 Å². The SMILES string of the molecule is O=C(N[C@H](CN1CCC1)[C@H](O)c1ccc2c(c1)OCCO2)C1CCN(c2ccc3cc(F)ccc3c2)C1. The van der Waals surface area contributed by atoms with Gasteiger partial charge in [-0.05, 0) is 78.7 Å². The minimum Gasteiger partial charge on any atom is -0.486 e. The lowest BCUT2D eigenvalue weighted by atomic mass is 9.98. The molecule has 1 unspecified atom stereocenters. The molecule has 2 saturated heterocycles. The number of likely N-dealkylation sites (tertiary alicyclic amines) is 1. The quantitative estimate of drug-likeness (QED) is 0.512. The van der Waals surface area contributed by atoms with Crippen molar-refractivity contribution in [2.75, 3.05) is 50.8 Å². The van der Waals surface area contributed by atoms with E-state index in [-0.39, 0.29) is 17.6 Å². The second-order valence-electron chi connectivity index (χ2n) is 10.2. The molecule has 3 atom stereocenters. The fraction of sp³-hybridized carbons (Fsp3) is 0.414. The molecule has 8 heteroatoms. The summed E-state index contributed by atoms with van der Waals surface area (Å²) >= 11 is 0. The van der Waals surface area contributed by atoms with Gasteiger partial charge in [-0.2, -0.15) is 0 Å². The van der Waals surface area contributed by atoms with E-state index < -0.39 is 12.1 Å². The molecular weight excluding hydrogens is 473 g/mol. The molecule has 0 aliphatic carbocycles. The Hall–Kier alpha value is -3.36. The Morgan fingerprint density at radius 3 is 2.59 bits per heavy atom. The number of benzene rings is 3. The van der Waals surface area contributed by atoms with E-state index in [1.807, 2.05) is 36.4 Å². The maximum absolute atomic E-state index is 13.5. The number of halogens is 1. The fourth-order valence-corrected chi connectivity index (χ4v) is 5.45. The van der Waals surface area contributed by atoms with E-state index in [0.717, 1.165) is 48.9 Å². The molecule has 37 heavy (non-hydrogen) atoms. The Kier molecular flexibility index (Phi) is 6.61. The number of carbonyl (C=O) groups is 1. The number of nitrogens with zero attached hydrogens (tertiary/aromatic N) is 2. The highest BCUT2D eigenvalue weighted by atomic mass is 19.1. The van der Waals surface area contributed by atoms with Crippen LogP contribution in [-0.2, 0) is 4.79 Å². The average Bonchev–Trinajstić information content (AvgIpc) is 3.39. The largest absolute Gasteiger partial charge is 0.486 e. The molecule has 3 aliphatic rings. The zero-order valence-electron chi connectivity index (χ0n) is 20.7. The number of nitrogens with one attached hydrogen (secondary N) is 1. The van der Waals surface area contributed by atoms with E-state index in [1.165, 1.54) is 12.1 Å². The predicted molar refractivity (Wildman–Crippen MR) is 140 cm³/mol. The number of carbonyl (C=O) groups excluding carboxylic acids is 1. The molecule has 2 N–H and O–H groups in total. The van der Waals surface area contributed by atoms with Crippen molar-refractivity contribution in [1.82, 2.24) is 10.2 Å². The summed E-state index contributed by atoms with van der Waals surface area (Å²) in [6, 6.07) is 15.8. The molecule has 0 saturated carbocycles. The number of amides is 1. The van der Waals surface area contributed by atoms with Gasteiger partial charge >= 0.3 is 0 Å². The topological polar surface area (TPSA) is 74.3 Å². The van der Waals surface area contributed by atoms with Crippen molar-refractivity contribution in [3.05, 3.63) is 66.0 Å². The lowest BCUT2D eigenvalue weighted by molar-refractivity contribution is -0.126. The predicted octanol–water partition coefficient (Wildman–Crippen LogP) is 3.50. The third-order valence-electron chi connectivity index (χ3n) is 7.73. The molecule has 3 heterocycles. The van der Waals surface area contributed by atoms with Gasteiger partial charge in [0, 0.05) is 25.3 Å². The van der Waals surface area contributed by atoms with Crippen LogP contribution in [0.25, 0.3) is 10.8 Å². The van der Waals surface area contributed by atoms with Gasteiger partial charge in [-0.25, -0.2) is 4.39 Å². The van der Waals surface area contributed by atoms with Gasteiger partial charge in [0.2, 0.25) is 5.91 Å². The normalized spacial score (nSPS) is 20.9. The molecule has 2 fully saturated rings. The molecular formula is C29H32FN3O4. The summed E-state index contributed by atoms with van der Waals surface area (Å²) in [6.45, 7) is 4.92. The van der Waals surface area contributed by atoms with Gasteiger partial charge in [0.05, 0.1) is 12.0 Å². The fourth-order valence-electron chi connectivity index (χ4n) is 5.45. The lowest BCUT2D eigenvalue weighted by Crippen LogP contribution is -2.52. The Labute approximate surface area is 215 Å². The van der Waals surface area contributed by atoms with Crippen molar-refractivity contribution in [1.29, 1.82) is 0 Å². The molecule has 3 aromatic carbocycles. The summed E-state index contributed by atoms with van der Waals surface area (Å²) in [4.78, 5) is 17.8. The standard InChI is InChI=1S/C29H32FN3O4/c30-23-5-2-20-15-24(6-3-19(20)14-23)33-11-8-22(17-33)29(35)31-25(18-32-9-1-10-32)28(34)21-4-7-26-27(16-21)37-13-12-36-26/h2-7,14-16,22,25,28,34H,1,8-13,17-18H2,(H,31,35)/t22?,25-,28-/m1/s1. The van der Waals surface area contributed by atoms with Gasteiger partial charge in [0.25, 0.3) is 0 Å². The number of ether oxygens (including phenoxy) is 2. The van der Waals surface area contributed by atoms with Crippen molar-refractivity contribution >= 4 is 22.4 Å². The molecule has 0 radical (unpaired) electrons. The second-order valence-corrected chi connectivity index (χ2v) is 10.2. The maximum Gasteiger partial charge on any atom is 0.225 e. The number of aliphatic hydroxyl groups is 1. The van der Waals surface area contributed by atoms with Gasteiger partial charge in [-0.3, -0.25) is 4.79 Å². The smallest absolute Gasteiger partial charge is 0.225 e. The molecule has 0 spiro atoms. The maximum atomic E-state index is 13.5. The molecule has 3 aliphatic heterocycles. The van der Waals surface area contributed by atoms with Crippen LogP contribution in [0.15, 0.2) is 54.6 Å². The average molecular weight is 506 g/mol. The van der Waals surface area contributed by atoms with E-state index in [0.29, 0.717) is 43.4 Å². The monoisotopic (exact) mass is 505 g/mol. The Morgan fingerprint density at radius 2 is 1.78 bits per heavy atom. The molecule has 7 nitrogen and oxygen atoms in total. The van der Waals surface area contributed by atoms with E-state index in [9.17, 15) is 14.3 Å². The molecule has 194 valence electrons. The van der Waals surface area contributed by atoms with Gasteiger partial charge in [0.1, 0.15) is 25.1 Å².